The van der Waals surface area contributed by atoms with Gasteiger partial charge in [-0.1, -0.05) is 37.3 Å². The first kappa shape index (κ1) is 16.9. The lowest BCUT2D eigenvalue weighted by Gasteiger charge is -2.06. The van der Waals surface area contributed by atoms with Crippen molar-refractivity contribution in [2.75, 3.05) is 0 Å². The van der Waals surface area contributed by atoms with Crippen LogP contribution < -0.4 is 0 Å². The molecule has 0 amide bonds. The molecule has 0 bridgehead atoms. The average molecular weight is 379 g/mol. The molecule has 1 N–H and O–H groups in total. The Morgan fingerprint density at radius 3 is 2.62 bits per heavy atom. The second-order valence-corrected chi connectivity index (χ2v) is 7.86. The summed E-state index contributed by atoms with van der Waals surface area (Å²) in [4.78, 5) is 5.35. The zero-order valence-corrected chi connectivity index (χ0v) is 16.2. The highest BCUT2D eigenvalue weighted by atomic mass is 32.1. The predicted molar refractivity (Wildman–Crippen MR) is 113 cm³/mol. The Balaban J connectivity index is 1.80. The van der Waals surface area contributed by atoms with Gasteiger partial charge in [0.05, 0.1) is 16.3 Å². The number of hydrogen-bond acceptors (Lipinski definition) is 4. The Kier molecular flexibility index (Phi) is 4.34. The average Bonchev–Trinajstić information content (AvgIpc) is 3.11. The summed E-state index contributed by atoms with van der Waals surface area (Å²) in [6.45, 7) is 4.11. The molecule has 1 aromatic heterocycles. The van der Waals surface area contributed by atoms with Crippen LogP contribution in [-0.2, 0) is 6.42 Å². The van der Waals surface area contributed by atoms with E-state index in [0.717, 1.165) is 39.5 Å². The summed E-state index contributed by atoms with van der Waals surface area (Å²) in [7, 11) is 0. The fraction of sp³-hybridized carbons (Fsp3) is 0.143. The van der Waals surface area contributed by atoms with Gasteiger partial charge in [0.1, 0.15) is 0 Å². The van der Waals surface area contributed by atoms with E-state index in [1.165, 1.54) is 16.9 Å². The van der Waals surface area contributed by atoms with Crippen LogP contribution in [0.25, 0.3) is 17.3 Å². The molecule has 2 aromatic carbocycles. The topological polar surface area (TPSA) is 37.5 Å². The molecule has 3 aromatic rings. The number of para-hydroxylation sites is 1. The van der Waals surface area contributed by atoms with E-state index in [2.05, 4.69) is 30.1 Å². The van der Waals surface area contributed by atoms with Gasteiger partial charge >= 0.3 is 0 Å². The summed E-state index contributed by atoms with van der Waals surface area (Å²) in [6.07, 6.45) is 2.97. The number of rotatable bonds is 3. The summed E-state index contributed by atoms with van der Waals surface area (Å²) in [5, 5.41) is 10.8. The Morgan fingerprint density at radius 1 is 1.15 bits per heavy atom. The number of thiazole rings is 1. The van der Waals surface area contributed by atoms with Gasteiger partial charge in [0.25, 0.3) is 0 Å². The van der Waals surface area contributed by atoms with Gasteiger partial charge < -0.3 is 5.11 Å². The molecule has 0 fully saturated rings. The Bertz CT molecular complexity index is 1100. The molecule has 3 nitrogen and oxygen atoms in total. The molecule has 4 rings (SSSR count). The maximum Gasteiger partial charge on any atom is 0.215 e. The molecule has 0 saturated heterocycles. The van der Waals surface area contributed by atoms with Crippen LogP contribution in [0, 0.1) is 3.95 Å². The number of aryl methyl sites for hydroxylation is 1. The first-order valence-corrected chi connectivity index (χ1v) is 9.72. The molecule has 1 aliphatic heterocycles. The highest BCUT2D eigenvalue weighted by molar-refractivity contribution is 7.73. The Labute approximate surface area is 161 Å². The van der Waals surface area contributed by atoms with E-state index in [4.69, 9.17) is 12.2 Å². The van der Waals surface area contributed by atoms with Crippen molar-refractivity contribution in [3.8, 4) is 11.6 Å². The normalized spacial score (nSPS) is 14.5. The first-order valence-electron chi connectivity index (χ1n) is 8.49. The predicted octanol–water partition coefficient (Wildman–Crippen LogP) is 6.18. The largest absolute Gasteiger partial charge is 0.493 e. The molecular formula is C21H18N2OS2. The van der Waals surface area contributed by atoms with E-state index >= 15 is 0 Å². The van der Waals surface area contributed by atoms with Gasteiger partial charge in [-0.25, -0.2) is 0 Å². The number of hydrogen-bond donors (Lipinski definition) is 1. The third-order valence-electron chi connectivity index (χ3n) is 4.56. The molecule has 0 saturated carbocycles. The second kappa shape index (κ2) is 6.67. The Hall–Kier alpha value is -2.50. The fourth-order valence-corrected chi connectivity index (χ4v) is 4.42. The molecule has 26 heavy (non-hydrogen) atoms. The lowest BCUT2D eigenvalue weighted by Crippen LogP contribution is -1.94. The quantitative estimate of drug-likeness (QED) is 0.552. The van der Waals surface area contributed by atoms with E-state index in [-0.39, 0.29) is 5.88 Å². The summed E-state index contributed by atoms with van der Waals surface area (Å²) in [5.41, 5.74) is 6.16. The van der Waals surface area contributed by atoms with E-state index in [9.17, 15) is 5.11 Å². The molecule has 2 heterocycles. The fourth-order valence-electron chi connectivity index (χ4n) is 3.13. The molecule has 0 radical (unpaired) electrons. The van der Waals surface area contributed by atoms with Crippen LogP contribution in [0.2, 0.25) is 0 Å². The van der Waals surface area contributed by atoms with E-state index < -0.39 is 0 Å². The van der Waals surface area contributed by atoms with Crippen molar-refractivity contribution < 1.29 is 5.11 Å². The highest BCUT2D eigenvalue weighted by Gasteiger charge is 2.19. The van der Waals surface area contributed by atoms with Crippen molar-refractivity contribution in [1.82, 2.24) is 4.57 Å². The third kappa shape index (κ3) is 2.83. The number of nitrogens with zero attached hydrogens (tertiary/aromatic N) is 2. The van der Waals surface area contributed by atoms with Crippen molar-refractivity contribution in [1.29, 1.82) is 0 Å². The van der Waals surface area contributed by atoms with E-state index in [1.807, 2.05) is 43.3 Å². The maximum atomic E-state index is 10.8. The van der Waals surface area contributed by atoms with Gasteiger partial charge in [0, 0.05) is 16.8 Å². The second-order valence-electron chi connectivity index (χ2n) is 6.18. The van der Waals surface area contributed by atoms with Crippen molar-refractivity contribution in [2.45, 2.75) is 20.3 Å². The minimum atomic E-state index is 0.175. The number of aromatic nitrogens is 1. The molecule has 0 spiro atoms. The van der Waals surface area contributed by atoms with Gasteiger partial charge in [-0.05, 0) is 55.4 Å². The van der Waals surface area contributed by atoms with Gasteiger partial charge in [-0.3, -0.25) is 9.56 Å². The smallest absolute Gasteiger partial charge is 0.215 e. The molecule has 5 heteroatoms. The van der Waals surface area contributed by atoms with Crippen LogP contribution in [0.1, 0.15) is 29.9 Å². The van der Waals surface area contributed by atoms with E-state index in [0.29, 0.717) is 3.95 Å². The number of aliphatic imine (C=N–C) groups is 1. The van der Waals surface area contributed by atoms with Crippen LogP contribution in [0.4, 0.5) is 5.69 Å². The lowest BCUT2D eigenvalue weighted by atomic mass is 10.0. The number of benzene rings is 2. The van der Waals surface area contributed by atoms with Gasteiger partial charge in [-0.15, -0.1) is 11.3 Å². The number of allylic oxidation sites excluding steroid dienone is 1. The molecule has 0 atom stereocenters. The van der Waals surface area contributed by atoms with Crippen molar-refractivity contribution in [2.24, 2.45) is 4.99 Å². The van der Waals surface area contributed by atoms with Crippen LogP contribution >= 0.6 is 23.6 Å². The van der Waals surface area contributed by atoms with Crippen molar-refractivity contribution in [3.05, 3.63) is 68.5 Å². The molecule has 0 aliphatic carbocycles. The Morgan fingerprint density at radius 2 is 1.88 bits per heavy atom. The first-order chi connectivity index (χ1) is 12.6. The summed E-state index contributed by atoms with van der Waals surface area (Å²) >= 11 is 6.92. The standard InChI is InChI=1S/C21H18N2OS2/c1-3-14-8-10-15(11-9-14)23-20(24)19(26-21(23)25)12-17-13(2)22-18-7-5-4-6-16(17)18/h4-12,24H,3H2,1-2H3. The minimum Gasteiger partial charge on any atom is -0.493 e. The summed E-state index contributed by atoms with van der Waals surface area (Å²) in [5.74, 6) is 0.175. The third-order valence-corrected chi connectivity index (χ3v) is 5.87. The zero-order chi connectivity index (χ0) is 18.3. The molecular weight excluding hydrogens is 360 g/mol. The maximum absolute atomic E-state index is 10.8. The van der Waals surface area contributed by atoms with E-state index in [1.54, 1.807) is 4.57 Å². The van der Waals surface area contributed by atoms with Crippen LogP contribution in [0.5, 0.6) is 5.88 Å². The summed E-state index contributed by atoms with van der Waals surface area (Å²) < 4.78 is 2.35. The lowest BCUT2D eigenvalue weighted by molar-refractivity contribution is 0.441. The van der Waals surface area contributed by atoms with Gasteiger partial charge in [0.2, 0.25) is 5.88 Å². The van der Waals surface area contributed by atoms with Gasteiger partial charge in [-0.2, -0.15) is 0 Å². The van der Waals surface area contributed by atoms with Crippen LogP contribution in [-0.4, -0.2) is 15.4 Å². The van der Waals surface area contributed by atoms with Crippen molar-refractivity contribution >= 4 is 46.6 Å². The molecule has 1 aliphatic rings. The minimum absolute atomic E-state index is 0.175. The van der Waals surface area contributed by atoms with Crippen LogP contribution in [0.15, 0.2) is 53.5 Å². The monoisotopic (exact) mass is 378 g/mol. The SMILES string of the molecule is CCc1ccc(-n2c(O)c(C=C3C(C)=Nc4ccccc43)sc2=S)cc1. The van der Waals surface area contributed by atoms with Gasteiger partial charge in [0.15, 0.2) is 3.95 Å². The number of aromatic hydroxyl groups is 1. The number of fused-ring (bicyclic) bond motifs is 1. The molecule has 0 unspecified atom stereocenters. The highest BCUT2D eigenvalue weighted by Crippen LogP contribution is 2.38. The zero-order valence-electron chi connectivity index (χ0n) is 14.6. The summed E-state index contributed by atoms with van der Waals surface area (Å²) in [6, 6.07) is 16.2. The van der Waals surface area contributed by atoms with Crippen molar-refractivity contribution in [3.63, 3.8) is 0 Å². The molecule has 130 valence electrons. The van der Waals surface area contributed by atoms with Crippen LogP contribution in [0.3, 0.4) is 0 Å².